The Kier molecular flexibility index (Phi) is 8.39. The number of hydrogen-bond donors (Lipinski definition) is 3. The molecule has 1 aliphatic rings. The predicted molar refractivity (Wildman–Crippen MR) is 109 cm³/mol. The first kappa shape index (κ1) is 21.0. The van der Waals surface area contributed by atoms with Crippen LogP contribution in [0.25, 0.3) is 0 Å². The summed E-state index contributed by atoms with van der Waals surface area (Å²) in [5, 5.41) is 9.50. The van der Waals surface area contributed by atoms with Gasteiger partial charge < -0.3 is 25.6 Å². The van der Waals surface area contributed by atoms with Crippen molar-refractivity contribution in [1.29, 1.82) is 0 Å². The normalized spacial score (nSPS) is 15.4. The number of carbonyl (C=O) groups excluding carboxylic acids is 1. The summed E-state index contributed by atoms with van der Waals surface area (Å²) in [4.78, 5) is 18.6. The van der Waals surface area contributed by atoms with Crippen molar-refractivity contribution in [1.82, 2.24) is 20.9 Å². The Morgan fingerprint density at radius 2 is 1.85 bits per heavy atom. The highest BCUT2D eigenvalue weighted by Crippen LogP contribution is 2.28. The van der Waals surface area contributed by atoms with Crippen LogP contribution in [-0.2, 0) is 4.79 Å². The fourth-order valence-corrected chi connectivity index (χ4v) is 2.77. The van der Waals surface area contributed by atoms with Crippen LogP contribution in [0.2, 0.25) is 0 Å². The van der Waals surface area contributed by atoms with E-state index in [1.54, 1.807) is 7.11 Å². The van der Waals surface area contributed by atoms with Crippen molar-refractivity contribution in [3.8, 4) is 5.75 Å². The van der Waals surface area contributed by atoms with Crippen molar-refractivity contribution in [2.75, 3.05) is 47.4 Å². The number of amides is 1. The monoisotopic (exact) mass is 375 g/mol. The smallest absolute Gasteiger partial charge is 0.223 e. The number of carbonyl (C=O) groups is 1. The van der Waals surface area contributed by atoms with E-state index in [1.165, 1.54) is 5.56 Å². The molecule has 7 nitrogen and oxygen atoms in total. The van der Waals surface area contributed by atoms with Gasteiger partial charge in [0.05, 0.1) is 19.7 Å². The Bertz CT molecular complexity index is 611. The largest absolute Gasteiger partial charge is 0.497 e. The van der Waals surface area contributed by atoms with E-state index in [4.69, 9.17) is 9.73 Å². The molecule has 7 heteroatoms. The molecule has 150 valence electrons. The van der Waals surface area contributed by atoms with Crippen molar-refractivity contribution in [3.05, 3.63) is 29.8 Å². The summed E-state index contributed by atoms with van der Waals surface area (Å²) in [6.45, 7) is 4.71. The van der Waals surface area contributed by atoms with Crippen LogP contribution in [0.1, 0.15) is 31.4 Å². The van der Waals surface area contributed by atoms with Crippen molar-refractivity contribution in [3.63, 3.8) is 0 Å². The van der Waals surface area contributed by atoms with E-state index >= 15 is 0 Å². The van der Waals surface area contributed by atoms with Gasteiger partial charge in [-0.05, 0) is 51.6 Å². The minimum absolute atomic E-state index is 0.168. The summed E-state index contributed by atoms with van der Waals surface area (Å²) in [6, 6.07) is 8.27. The first-order valence-electron chi connectivity index (χ1n) is 9.65. The van der Waals surface area contributed by atoms with E-state index in [0.717, 1.165) is 31.1 Å². The lowest BCUT2D eigenvalue weighted by atomic mass is 10.1. The van der Waals surface area contributed by atoms with Crippen LogP contribution in [0.3, 0.4) is 0 Å². The van der Waals surface area contributed by atoms with Crippen LogP contribution >= 0.6 is 0 Å². The number of nitrogens with one attached hydrogen (secondary N) is 3. The van der Waals surface area contributed by atoms with Gasteiger partial charge in [0.1, 0.15) is 5.75 Å². The zero-order chi connectivity index (χ0) is 19.6. The number of guanidine groups is 1. The highest BCUT2D eigenvalue weighted by Gasteiger charge is 2.28. The third kappa shape index (κ3) is 7.09. The number of methoxy groups -OCH3 is 1. The summed E-state index contributed by atoms with van der Waals surface area (Å²) in [7, 11) is 5.78. The van der Waals surface area contributed by atoms with Crippen LogP contribution in [0, 0.1) is 5.92 Å². The summed E-state index contributed by atoms with van der Waals surface area (Å²) in [6.07, 6.45) is 2.06. The molecule has 1 amide bonds. The van der Waals surface area contributed by atoms with Crippen LogP contribution in [0.5, 0.6) is 5.75 Å². The van der Waals surface area contributed by atoms with E-state index in [0.29, 0.717) is 19.6 Å². The van der Waals surface area contributed by atoms with Crippen molar-refractivity contribution in [2.24, 2.45) is 10.9 Å². The first-order valence-corrected chi connectivity index (χ1v) is 9.65. The molecule has 0 heterocycles. The van der Waals surface area contributed by atoms with Gasteiger partial charge >= 0.3 is 0 Å². The highest BCUT2D eigenvalue weighted by atomic mass is 16.5. The molecule has 1 saturated carbocycles. The molecule has 27 heavy (non-hydrogen) atoms. The van der Waals surface area contributed by atoms with E-state index < -0.39 is 0 Å². The second kappa shape index (κ2) is 10.8. The lowest BCUT2D eigenvalue weighted by Crippen LogP contribution is -2.42. The molecular formula is C20H33N5O2. The molecule has 0 saturated heterocycles. The maximum Gasteiger partial charge on any atom is 0.223 e. The Morgan fingerprint density at radius 3 is 2.41 bits per heavy atom. The lowest BCUT2D eigenvalue weighted by Gasteiger charge is -2.24. The van der Waals surface area contributed by atoms with Gasteiger partial charge in [-0.25, -0.2) is 0 Å². The minimum Gasteiger partial charge on any atom is -0.497 e. The third-order valence-electron chi connectivity index (χ3n) is 4.56. The molecule has 1 unspecified atom stereocenters. The van der Waals surface area contributed by atoms with Crippen molar-refractivity contribution >= 4 is 11.9 Å². The standard InChI is InChI=1S/C20H33N5O2/c1-5-21-20(23-13-12-22-19(26)16-6-7-16)24-14-18(25(2)3)15-8-10-17(27-4)11-9-15/h8-11,16,18H,5-7,12-14H2,1-4H3,(H,22,26)(H2,21,23,24). The molecule has 1 fully saturated rings. The molecular weight excluding hydrogens is 342 g/mol. The average Bonchev–Trinajstić information content (AvgIpc) is 3.50. The van der Waals surface area contributed by atoms with Crippen LogP contribution in [0.15, 0.2) is 29.3 Å². The maximum absolute atomic E-state index is 11.7. The zero-order valence-corrected chi connectivity index (χ0v) is 16.9. The van der Waals surface area contributed by atoms with Gasteiger partial charge in [0.2, 0.25) is 5.91 Å². The van der Waals surface area contributed by atoms with Gasteiger partial charge in [-0.3, -0.25) is 9.79 Å². The number of hydrogen-bond acceptors (Lipinski definition) is 4. The molecule has 3 N–H and O–H groups in total. The van der Waals surface area contributed by atoms with Gasteiger partial charge in [-0.15, -0.1) is 0 Å². The average molecular weight is 376 g/mol. The minimum atomic E-state index is 0.168. The summed E-state index contributed by atoms with van der Waals surface area (Å²) in [5.41, 5.74) is 1.19. The SMILES string of the molecule is CCNC(=NCC(c1ccc(OC)cc1)N(C)C)NCCNC(=O)C1CC1. The number of likely N-dealkylation sites (N-methyl/N-ethyl adjacent to an activating group) is 1. The molecule has 1 aromatic rings. The van der Waals surface area contributed by atoms with Gasteiger partial charge in [0, 0.05) is 25.6 Å². The van der Waals surface area contributed by atoms with Crippen LogP contribution in [-0.4, -0.2) is 64.2 Å². The summed E-state index contributed by atoms with van der Waals surface area (Å²) < 4.78 is 5.24. The molecule has 1 aromatic carbocycles. The molecule has 0 aromatic heterocycles. The molecule has 1 atom stereocenters. The van der Waals surface area contributed by atoms with Gasteiger partial charge in [-0.2, -0.15) is 0 Å². The summed E-state index contributed by atoms with van der Waals surface area (Å²) in [5.74, 6) is 2.03. The third-order valence-corrected chi connectivity index (χ3v) is 4.56. The van der Waals surface area contributed by atoms with Gasteiger partial charge in [0.15, 0.2) is 5.96 Å². The summed E-state index contributed by atoms with van der Waals surface area (Å²) >= 11 is 0. The number of benzene rings is 1. The van der Waals surface area contributed by atoms with Crippen LogP contribution in [0.4, 0.5) is 0 Å². The van der Waals surface area contributed by atoms with E-state index in [1.807, 2.05) is 19.1 Å². The van der Waals surface area contributed by atoms with E-state index in [9.17, 15) is 4.79 Å². The zero-order valence-electron chi connectivity index (χ0n) is 16.9. The Labute approximate surface area is 162 Å². The fourth-order valence-electron chi connectivity index (χ4n) is 2.77. The topological polar surface area (TPSA) is 78.0 Å². The Hall–Kier alpha value is -2.28. The molecule has 2 rings (SSSR count). The second-order valence-electron chi connectivity index (χ2n) is 6.96. The molecule has 0 aliphatic heterocycles. The fraction of sp³-hybridized carbons (Fsp3) is 0.600. The van der Waals surface area contributed by atoms with Crippen molar-refractivity contribution < 1.29 is 9.53 Å². The number of ether oxygens (including phenoxy) is 1. The Balaban J connectivity index is 1.89. The maximum atomic E-state index is 11.7. The molecule has 1 aliphatic carbocycles. The number of nitrogens with zero attached hydrogens (tertiary/aromatic N) is 2. The number of aliphatic imine (C=N–C) groups is 1. The van der Waals surface area contributed by atoms with E-state index in [-0.39, 0.29) is 17.9 Å². The van der Waals surface area contributed by atoms with Gasteiger partial charge in [0.25, 0.3) is 0 Å². The van der Waals surface area contributed by atoms with Gasteiger partial charge in [-0.1, -0.05) is 12.1 Å². The van der Waals surface area contributed by atoms with Crippen molar-refractivity contribution in [2.45, 2.75) is 25.8 Å². The predicted octanol–water partition coefficient (Wildman–Crippen LogP) is 1.38. The molecule has 0 radical (unpaired) electrons. The quantitative estimate of drug-likeness (QED) is 0.327. The second-order valence-corrected chi connectivity index (χ2v) is 6.96. The van der Waals surface area contributed by atoms with E-state index in [2.05, 4.69) is 47.1 Å². The molecule has 0 spiro atoms. The first-order chi connectivity index (χ1) is 13.0. The molecule has 0 bridgehead atoms. The lowest BCUT2D eigenvalue weighted by molar-refractivity contribution is -0.122. The highest BCUT2D eigenvalue weighted by molar-refractivity contribution is 5.81. The van der Waals surface area contributed by atoms with Crippen LogP contribution < -0.4 is 20.7 Å². The number of rotatable bonds is 10. The Morgan fingerprint density at radius 1 is 1.19 bits per heavy atom.